The zero-order valence-corrected chi connectivity index (χ0v) is 9.98. The standard InChI is InChI=1S/C16H15N/c1-3-12-8-7-10-14-13-9-5-6-11-15(13)17(4-2)16(12)14/h4-11H,2-3H2,1H3. The van der Waals surface area contributed by atoms with Gasteiger partial charge in [0, 0.05) is 17.0 Å². The largest absolute Gasteiger partial charge is 0.316 e. The van der Waals surface area contributed by atoms with Crippen LogP contribution in [-0.2, 0) is 6.42 Å². The van der Waals surface area contributed by atoms with Crippen molar-refractivity contribution in [1.29, 1.82) is 0 Å². The van der Waals surface area contributed by atoms with Crippen molar-refractivity contribution >= 4 is 28.0 Å². The Hall–Kier alpha value is -2.02. The van der Waals surface area contributed by atoms with Crippen LogP contribution in [0.2, 0.25) is 0 Å². The molecule has 0 aliphatic carbocycles. The maximum Gasteiger partial charge on any atom is 0.0566 e. The molecule has 0 N–H and O–H groups in total. The van der Waals surface area contributed by atoms with Gasteiger partial charge in [0.25, 0.3) is 0 Å². The molecule has 0 radical (unpaired) electrons. The van der Waals surface area contributed by atoms with Gasteiger partial charge in [0.1, 0.15) is 0 Å². The quantitative estimate of drug-likeness (QED) is 0.602. The Kier molecular flexibility index (Phi) is 2.25. The molecule has 1 nitrogen and oxygen atoms in total. The van der Waals surface area contributed by atoms with Crippen molar-refractivity contribution in [3.63, 3.8) is 0 Å². The molecular weight excluding hydrogens is 206 g/mol. The second-order valence-corrected chi connectivity index (χ2v) is 4.24. The summed E-state index contributed by atoms with van der Waals surface area (Å²) in [5.74, 6) is 0. The lowest BCUT2D eigenvalue weighted by Gasteiger charge is -2.04. The molecule has 0 unspecified atom stereocenters. The fraction of sp³-hybridized carbons (Fsp3) is 0.125. The SMILES string of the molecule is C=Cn1c2ccccc2c2cccc(CC)c21. The zero-order chi connectivity index (χ0) is 11.8. The fourth-order valence-electron chi connectivity index (χ4n) is 2.60. The van der Waals surface area contributed by atoms with E-state index in [1.165, 1.54) is 27.4 Å². The Morgan fingerprint density at radius 1 is 1.06 bits per heavy atom. The lowest BCUT2D eigenvalue weighted by Crippen LogP contribution is -1.89. The molecule has 17 heavy (non-hydrogen) atoms. The van der Waals surface area contributed by atoms with Gasteiger partial charge in [-0.3, -0.25) is 0 Å². The summed E-state index contributed by atoms with van der Waals surface area (Å²) in [5, 5.41) is 2.62. The van der Waals surface area contributed by atoms with Crippen molar-refractivity contribution in [2.75, 3.05) is 0 Å². The molecule has 0 saturated heterocycles. The number of aryl methyl sites for hydroxylation is 1. The monoisotopic (exact) mass is 221 g/mol. The summed E-state index contributed by atoms with van der Waals surface area (Å²) in [7, 11) is 0. The van der Waals surface area contributed by atoms with Gasteiger partial charge in [0.15, 0.2) is 0 Å². The molecule has 2 aromatic carbocycles. The van der Waals surface area contributed by atoms with Crippen molar-refractivity contribution in [2.24, 2.45) is 0 Å². The van der Waals surface area contributed by atoms with Crippen LogP contribution >= 0.6 is 0 Å². The molecule has 84 valence electrons. The Bertz CT molecular complexity index is 704. The van der Waals surface area contributed by atoms with E-state index in [1.807, 2.05) is 6.20 Å². The first-order valence-electron chi connectivity index (χ1n) is 6.00. The molecule has 0 bridgehead atoms. The summed E-state index contributed by atoms with van der Waals surface area (Å²) in [4.78, 5) is 0. The molecule has 1 heterocycles. The Labute approximate surface area is 101 Å². The van der Waals surface area contributed by atoms with Crippen LogP contribution in [-0.4, -0.2) is 4.57 Å². The molecule has 3 rings (SSSR count). The van der Waals surface area contributed by atoms with Crippen molar-refractivity contribution in [2.45, 2.75) is 13.3 Å². The van der Waals surface area contributed by atoms with Crippen molar-refractivity contribution in [1.82, 2.24) is 4.57 Å². The first-order chi connectivity index (χ1) is 8.36. The third-order valence-electron chi connectivity index (χ3n) is 3.38. The van der Waals surface area contributed by atoms with Gasteiger partial charge in [-0.1, -0.05) is 49.9 Å². The first-order valence-corrected chi connectivity index (χ1v) is 6.00. The van der Waals surface area contributed by atoms with Crippen LogP contribution in [0.25, 0.3) is 28.0 Å². The maximum absolute atomic E-state index is 3.94. The number of nitrogens with zero attached hydrogens (tertiary/aromatic N) is 1. The van der Waals surface area contributed by atoms with Gasteiger partial charge >= 0.3 is 0 Å². The van der Waals surface area contributed by atoms with Crippen LogP contribution < -0.4 is 0 Å². The minimum absolute atomic E-state index is 1.04. The van der Waals surface area contributed by atoms with Crippen molar-refractivity contribution < 1.29 is 0 Å². The second-order valence-electron chi connectivity index (χ2n) is 4.24. The van der Waals surface area contributed by atoms with Gasteiger partial charge in [-0.2, -0.15) is 0 Å². The van der Waals surface area contributed by atoms with Gasteiger partial charge in [-0.25, -0.2) is 0 Å². The van der Waals surface area contributed by atoms with Gasteiger partial charge in [0.2, 0.25) is 0 Å². The molecule has 0 aliphatic rings. The Balaban J connectivity index is 2.63. The van der Waals surface area contributed by atoms with E-state index in [0.717, 1.165) is 6.42 Å². The van der Waals surface area contributed by atoms with Gasteiger partial charge in [-0.05, 0) is 18.1 Å². The average Bonchev–Trinajstić information content (AvgIpc) is 2.72. The first kappa shape index (κ1) is 10.2. The number of rotatable bonds is 2. The molecule has 1 aromatic heterocycles. The van der Waals surface area contributed by atoms with E-state index >= 15 is 0 Å². The van der Waals surface area contributed by atoms with Crippen LogP contribution in [0, 0.1) is 0 Å². The summed E-state index contributed by atoms with van der Waals surface area (Å²) < 4.78 is 2.20. The van der Waals surface area contributed by atoms with Crippen molar-refractivity contribution in [3.8, 4) is 0 Å². The minimum Gasteiger partial charge on any atom is -0.316 e. The third kappa shape index (κ3) is 1.32. The number of para-hydroxylation sites is 2. The Morgan fingerprint density at radius 3 is 2.59 bits per heavy atom. The van der Waals surface area contributed by atoms with E-state index in [-0.39, 0.29) is 0 Å². The van der Waals surface area contributed by atoms with Gasteiger partial charge in [0.05, 0.1) is 11.0 Å². The molecule has 0 atom stereocenters. The molecule has 0 fully saturated rings. The number of fused-ring (bicyclic) bond motifs is 3. The van der Waals surface area contributed by atoms with E-state index in [4.69, 9.17) is 0 Å². The number of hydrogen-bond acceptors (Lipinski definition) is 0. The maximum atomic E-state index is 3.94. The van der Waals surface area contributed by atoms with Crippen LogP contribution in [0.5, 0.6) is 0 Å². The van der Waals surface area contributed by atoms with Crippen LogP contribution in [0.15, 0.2) is 49.0 Å². The number of hydrogen-bond donors (Lipinski definition) is 0. The highest BCUT2D eigenvalue weighted by Gasteiger charge is 2.10. The number of benzene rings is 2. The van der Waals surface area contributed by atoms with E-state index in [9.17, 15) is 0 Å². The minimum atomic E-state index is 1.04. The van der Waals surface area contributed by atoms with E-state index in [1.54, 1.807) is 0 Å². The molecular formula is C16H15N. The topological polar surface area (TPSA) is 4.93 Å². The normalized spacial score (nSPS) is 11.1. The highest BCUT2D eigenvalue weighted by Crippen LogP contribution is 2.31. The summed E-state index contributed by atoms with van der Waals surface area (Å²) in [6, 6.07) is 15.0. The summed E-state index contributed by atoms with van der Waals surface area (Å²) in [6.45, 7) is 6.14. The summed E-state index contributed by atoms with van der Waals surface area (Å²) >= 11 is 0. The highest BCUT2D eigenvalue weighted by atomic mass is 15.0. The zero-order valence-electron chi connectivity index (χ0n) is 9.98. The smallest absolute Gasteiger partial charge is 0.0566 e. The average molecular weight is 221 g/mol. The van der Waals surface area contributed by atoms with E-state index < -0.39 is 0 Å². The summed E-state index contributed by atoms with van der Waals surface area (Å²) in [6.07, 6.45) is 2.95. The van der Waals surface area contributed by atoms with E-state index in [0.29, 0.717) is 0 Å². The molecule has 1 heteroatoms. The van der Waals surface area contributed by atoms with E-state index in [2.05, 4.69) is 60.5 Å². The van der Waals surface area contributed by atoms with Crippen LogP contribution in [0.1, 0.15) is 12.5 Å². The lowest BCUT2D eigenvalue weighted by atomic mass is 10.1. The Morgan fingerprint density at radius 2 is 1.82 bits per heavy atom. The van der Waals surface area contributed by atoms with Gasteiger partial charge < -0.3 is 4.57 Å². The molecule has 0 amide bonds. The summed E-state index contributed by atoms with van der Waals surface area (Å²) in [5.41, 5.74) is 3.91. The highest BCUT2D eigenvalue weighted by molar-refractivity contribution is 6.10. The lowest BCUT2D eigenvalue weighted by molar-refractivity contribution is 1.13. The van der Waals surface area contributed by atoms with Crippen molar-refractivity contribution in [3.05, 3.63) is 54.6 Å². The molecule has 0 aliphatic heterocycles. The predicted molar refractivity (Wildman–Crippen MR) is 75.2 cm³/mol. The molecule has 0 spiro atoms. The molecule has 3 aromatic rings. The van der Waals surface area contributed by atoms with Crippen LogP contribution in [0.3, 0.4) is 0 Å². The van der Waals surface area contributed by atoms with Crippen LogP contribution in [0.4, 0.5) is 0 Å². The number of aromatic nitrogens is 1. The predicted octanol–water partition coefficient (Wildman–Crippen LogP) is 4.46. The fourth-order valence-corrected chi connectivity index (χ4v) is 2.60. The van der Waals surface area contributed by atoms with Gasteiger partial charge in [-0.15, -0.1) is 0 Å². The second kappa shape index (κ2) is 3.77. The third-order valence-corrected chi connectivity index (χ3v) is 3.38. The molecule has 0 saturated carbocycles.